The van der Waals surface area contributed by atoms with Crippen molar-refractivity contribution < 1.29 is 14.7 Å². The van der Waals surface area contributed by atoms with Crippen LogP contribution < -0.4 is 5.32 Å². The fourth-order valence-electron chi connectivity index (χ4n) is 4.76. The van der Waals surface area contributed by atoms with Crippen LogP contribution in [0, 0.1) is 17.3 Å². The van der Waals surface area contributed by atoms with Crippen molar-refractivity contribution in [2.24, 2.45) is 17.3 Å². The maximum Gasteiger partial charge on any atom is 0.303 e. The van der Waals surface area contributed by atoms with E-state index < -0.39 is 5.97 Å². The van der Waals surface area contributed by atoms with Gasteiger partial charge in [0.15, 0.2) is 0 Å². The summed E-state index contributed by atoms with van der Waals surface area (Å²) in [4.78, 5) is 23.9. The minimum atomic E-state index is -0.810. The van der Waals surface area contributed by atoms with Gasteiger partial charge in [0.2, 0.25) is 5.91 Å². The van der Waals surface area contributed by atoms with Gasteiger partial charge in [0.25, 0.3) is 0 Å². The highest BCUT2D eigenvalue weighted by atomic mass is 16.4. The van der Waals surface area contributed by atoms with Gasteiger partial charge in [-0.25, -0.2) is 0 Å². The third kappa shape index (κ3) is 3.47. The predicted octanol–water partition coefficient (Wildman–Crippen LogP) is 3.41. The average molecular weight is 329 g/mol. The summed E-state index contributed by atoms with van der Waals surface area (Å²) in [5.74, 6) is 0.472. The Labute approximate surface area is 143 Å². The van der Waals surface area contributed by atoms with Crippen LogP contribution in [-0.2, 0) is 16.0 Å². The number of fused-ring (bicyclic) bond motifs is 2. The molecule has 4 nitrogen and oxygen atoms in total. The molecule has 2 fully saturated rings. The van der Waals surface area contributed by atoms with Gasteiger partial charge in [0, 0.05) is 12.5 Å². The van der Waals surface area contributed by atoms with Crippen molar-refractivity contribution in [1.82, 2.24) is 5.32 Å². The SMILES string of the molecule is CC(CCC(=O)O)NC(=O)C1(Cc2ccccc2)CC2CCC1C2. The third-order valence-corrected chi connectivity index (χ3v) is 5.96. The second kappa shape index (κ2) is 6.96. The number of carboxylic acids is 1. The summed E-state index contributed by atoms with van der Waals surface area (Å²) in [5, 5.41) is 11.9. The summed E-state index contributed by atoms with van der Waals surface area (Å²) in [6, 6.07) is 10.2. The van der Waals surface area contributed by atoms with Crippen molar-refractivity contribution in [2.75, 3.05) is 0 Å². The van der Waals surface area contributed by atoms with Crippen molar-refractivity contribution in [3.8, 4) is 0 Å². The van der Waals surface area contributed by atoms with E-state index in [1.165, 1.54) is 18.4 Å². The van der Waals surface area contributed by atoms with Crippen LogP contribution in [0.15, 0.2) is 30.3 Å². The molecule has 2 aliphatic rings. The Morgan fingerprint density at radius 2 is 2.04 bits per heavy atom. The fourth-order valence-corrected chi connectivity index (χ4v) is 4.76. The molecule has 0 saturated heterocycles. The number of aliphatic carboxylic acids is 1. The van der Waals surface area contributed by atoms with Gasteiger partial charge in [0.05, 0.1) is 5.41 Å². The number of hydrogen-bond donors (Lipinski definition) is 2. The van der Waals surface area contributed by atoms with E-state index in [4.69, 9.17) is 5.11 Å². The van der Waals surface area contributed by atoms with Crippen molar-refractivity contribution >= 4 is 11.9 Å². The largest absolute Gasteiger partial charge is 0.481 e. The van der Waals surface area contributed by atoms with Gasteiger partial charge in [-0.1, -0.05) is 36.8 Å². The maximum absolute atomic E-state index is 13.2. The summed E-state index contributed by atoms with van der Waals surface area (Å²) in [5.41, 5.74) is 0.917. The Hall–Kier alpha value is -1.84. The number of benzene rings is 1. The summed E-state index contributed by atoms with van der Waals surface area (Å²) >= 11 is 0. The van der Waals surface area contributed by atoms with Crippen molar-refractivity contribution in [3.05, 3.63) is 35.9 Å². The quantitative estimate of drug-likeness (QED) is 0.805. The maximum atomic E-state index is 13.2. The van der Waals surface area contributed by atoms with Gasteiger partial charge in [-0.2, -0.15) is 0 Å². The predicted molar refractivity (Wildman–Crippen MR) is 92.5 cm³/mol. The van der Waals surface area contributed by atoms with Crippen molar-refractivity contribution in [2.45, 2.75) is 57.9 Å². The highest BCUT2D eigenvalue weighted by Gasteiger charge is 2.55. The Morgan fingerprint density at radius 1 is 1.29 bits per heavy atom. The molecule has 1 amide bonds. The summed E-state index contributed by atoms with van der Waals surface area (Å²) < 4.78 is 0. The lowest BCUT2D eigenvalue weighted by molar-refractivity contribution is -0.138. The number of amides is 1. The Kier molecular flexibility index (Phi) is 4.93. The molecule has 0 spiro atoms. The number of carboxylic acid groups (broad SMARTS) is 1. The van der Waals surface area contributed by atoms with E-state index >= 15 is 0 Å². The molecule has 3 rings (SSSR count). The summed E-state index contributed by atoms with van der Waals surface area (Å²) in [6.07, 6.45) is 5.92. The van der Waals surface area contributed by atoms with Crippen LogP contribution in [0.1, 0.15) is 51.0 Å². The van der Waals surface area contributed by atoms with Crippen LogP contribution in [0.5, 0.6) is 0 Å². The molecule has 0 aromatic heterocycles. The van der Waals surface area contributed by atoms with Crippen LogP contribution in [-0.4, -0.2) is 23.0 Å². The number of carbonyl (C=O) groups is 2. The van der Waals surface area contributed by atoms with E-state index in [1.54, 1.807) is 0 Å². The molecule has 2 bridgehead atoms. The first-order chi connectivity index (χ1) is 11.5. The molecular formula is C20H27NO3. The first kappa shape index (κ1) is 17.0. The second-order valence-electron chi connectivity index (χ2n) is 7.71. The minimum absolute atomic E-state index is 0.0964. The van der Waals surface area contributed by atoms with Crippen LogP contribution in [0.4, 0.5) is 0 Å². The van der Waals surface area contributed by atoms with Gasteiger partial charge in [-0.3, -0.25) is 9.59 Å². The van der Waals surface area contributed by atoms with Crippen molar-refractivity contribution in [3.63, 3.8) is 0 Å². The third-order valence-electron chi connectivity index (χ3n) is 5.96. The van der Waals surface area contributed by atoms with Crippen molar-refractivity contribution in [1.29, 1.82) is 0 Å². The molecule has 0 radical (unpaired) electrons. The zero-order valence-electron chi connectivity index (χ0n) is 14.3. The summed E-state index contributed by atoms with van der Waals surface area (Å²) in [7, 11) is 0. The molecule has 4 heteroatoms. The Balaban J connectivity index is 1.73. The average Bonchev–Trinajstić information content (AvgIpc) is 3.15. The van der Waals surface area contributed by atoms with Crippen LogP contribution in [0.2, 0.25) is 0 Å². The molecule has 0 aliphatic heterocycles. The smallest absolute Gasteiger partial charge is 0.303 e. The van der Waals surface area contributed by atoms with E-state index in [0.717, 1.165) is 19.3 Å². The zero-order valence-corrected chi connectivity index (χ0v) is 14.3. The topological polar surface area (TPSA) is 66.4 Å². The lowest BCUT2D eigenvalue weighted by Crippen LogP contribution is -2.48. The van der Waals surface area contributed by atoms with E-state index in [0.29, 0.717) is 18.3 Å². The van der Waals surface area contributed by atoms with Crippen LogP contribution in [0.25, 0.3) is 0 Å². The lowest BCUT2D eigenvalue weighted by atomic mass is 9.68. The number of nitrogens with one attached hydrogen (secondary N) is 1. The molecule has 1 aromatic rings. The Bertz CT molecular complexity index is 600. The monoisotopic (exact) mass is 329 g/mol. The van der Waals surface area contributed by atoms with E-state index in [2.05, 4.69) is 17.4 Å². The van der Waals surface area contributed by atoms with Crippen LogP contribution in [0.3, 0.4) is 0 Å². The molecule has 2 N–H and O–H groups in total. The Morgan fingerprint density at radius 3 is 2.62 bits per heavy atom. The van der Waals surface area contributed by atoms with Gasteiger partial charge in [-0.05, 0) is 56.4 Å². The van der Waals surface area contributed by atoms with E-state index in [9.17, 15) is 9.59 Å². The molecule has 2 aliphatic carbocycles. The zero-order chi connectivity index (χ0) is 17.2. The highest BCUT2D eigenvalue weighted by molar-refractivity contribution is 5.84. The van der Waals surface area contributed by atoms with Gasteiger partial charge >= 0.3 is 5.97 Å². The fraction of sp³-hybridized carbons (Fsp3) is 0.600. The molecule has 1 aromatic carbocycles. The number of hydrogen-bond acceptors (Lipinski definition) is 2. The van der Waals surface area contributed by atoms with Gasteiger partial charge in [0.1, 0.15) is 0 Å². The van der Waals surface area contributed by atoms with Gasteiger partial charge in [-0.15, -0.1) is 0 Å². The molecule has 2 saturated carbocycles. The van der Waals surface area contributed by atoms with E-state index in [1.807, 2.05) is 25.1 Å². The summed E-state index contributed by atoms with van der Waals surface area (Å²) in [6.45, 7) is 1.91. The van der Waals surface area contributed by atoms with Gasteiger partial charge < -0.3 is 10.4 Å². The number of rotatable bonds is 7. The lowest BCUT2D eigenvalue weighted by Gasteiger charge is -2.37. The van der Waals surface area contributed by atoms with E-state index in [-0.39, 0.29) is 23.8 Å². The molecule has 0 heterocycles. The standard InChI is InChI=1S/C20H27NO3/c1-14(7-10-18(22)23)21-19(24)20(12-15-5-3-2-4-6-15)13-16-8-9-17(20)11-16/h2-6,14,16-17H,7-13H2,1H3,(H,21,24)(H,22,23). The molecule has 4 atom stereocenters. The normalized spacial score (nSPS) is 29.4. The molecular weight excluding hydrogens is 302 g/mol. The highest BCUT2D eigenvalue weighted by Crippen LogP contribution is 2.57. The van der Waals surface area contributed by atoms with Crippen LogP contribution >= 0.6 is 0 Å². The molecule has 130 valence electrons. The second-order valence-corrected chi connectivity index (χ2v) is 7.71. The minimum Gasteiger partial charge on any atom is -0.481 e. The number of carbonyl (C=O) groups excluding carboxylic acids is 1. The molecule has 24 heavy (non-hydrogen) atoms. The first-order valence-electron chi connectivity index (χ1n) is 9.06. The first-order valence-corrected chi connectivity index (χ1v) is 9.06. The molecule has 4 unspecified atom stereocenters.